The summed E-state index contributed by atoms with van der Waals surface area (Å²) in [6, 6.07) is 3.79. The van der Waals surface area contributed by atoms with Crippen LogP contribution in [0.15, 0.2) is 24.5 Å². The number of nitrogens with one attached hydrogen (secondary N) is 2. The highest BCUT2D eigenvalue weighted by Gasteiger charge is 2.21. The molecule has 0 radical (unpaired) electrons. The van der Waals surface area contributed by atoms with E-state index in [2.05, 4.69) is 27.0 Å². The van der Waals surface area contributed by atoms with E-state index < -0.39 is 0 Å². The molecule has 0 fully saturated rings. The van der Waals surface area contributed by atoms with Crippen LogP contribution >= 0.6 is 23.2 Å². The molecule has 0 aliphatic rings. The Kier molecular flexibility index (Phi) is 4.59. The van der Waals surface area contributed by atoms with Gasteiger partial charge in [-0.2, -0.15) is 5.10 Å². The first-order valence-electron chi connectivity index (χ1n) is 7.34. The lowest BCUT2D eigenvalue weighted by molar-refractivity contribution is -0.109. The minimum atomic E-state index is 0.530. The predicted octanol–water partition coefficient (Wildman–Crippen LogP) is 3.65. The van der Waals surface area contributed by atoms with Gasteiger partial charge in [0, 0.05) is 47.9 Å². The van der Waals surface area contributed by atoms with Crippen LogP contribution in [0.3, 0.4) is 0 Å². The number of aromatic nitrogens is 3. The van der Waals surface area contributed by atoms with Crippen LogP contribution in [0, 0.1) is 0 Å². The number of amides is 1. The smallest absolute Gasteiger partial charge is 0.207 e. The number of hydrogen-bond acceptors (Lipinski definition) is 2. The highest BCUT2D eigenvalue weighted by molar-refractivity contribution is 6.45. The number of fused-ring (bicyclic) bond motifs is 1. The van der Waals surface area contributed by atoms with Crippen molar-refractivity contribution in [3.63, 3.8) is 0 Å². The maximum atomic E-state index is 10.6. The Morgan fingerprint density at radius 1 is 1.39 bits per heavy atom. The number of halogens is 2. The van der Waals surface area contributed by atoms with Gasteiger partial charge in [0.25, 0.3) is 0 Å². The molecule has 0 aliphatic heterocycles. The van der Waals surface area contributed by atoms with Crippen LogP contribution in [0.25, 0.3) is 22.0 Å². The van der Waals surface area contributed by atoms with Crippen molar-refractivity contribution in [2.75, 3.05) is 6.54 Å². The van der Waals surface area contributed by atoms with E-state index in [1.165, 1.54) is 0 Å². The van der Waals surface area contributed by atoms with E-state index in [4.69, 9.17) is 23.2 Å². The monoisotopic (exact) mass is 350 g/mol. The van der Waals surface area contributed by atoms with Crippen LogP contribution in [-0.2, 0) is 17.8 Å². The maximum absolute atomic E-state index is 10.6. The van der Waals surface area contributed by atoms with Crippen molar-refractivity contribution in [2.45, 2.75) is 19.9 Å². The molecule has 2 N–H and O–H groups in total. The summed E-state index contributed by atoms with van der Waals surface area (Å²) in [4.78, 5) is 10.6. The number of carbonyl (C=O) groups excluding carboxylic acids is 1. The highest BCUT2D eigenvalue weighted by atomic mass is 35.5. The number of aryl methyl sites for hydroxylation is 1. The van der Waals surface area contributed by atoms with Crippen molar-refractivity contribution in [3.05, 3.63) is 40.3 Å². The summed E-state index contributed by atoms with van der Waals surface area (Å²) >= 11 is 12.7. The highest BCUT2D eigenvalue weighted by Crippen LogP contribution is 2.40. The van der Waals surface area contributed by atoms with Crippen molar-refractivity contribution >= 4 is 40.5 Å². The molecule has 0 spiro atoms. The Morgan fingerprint density at radius 3 is 2.87 bits per heavy atom. The zero-order valence-electron chi connectivity index (χ0n) is 12.6. The third-order valence-corrected chi connectivity index (χ3v) is 4.71. The largest absolute Gasteiger partial charge is 0.358 e. The molecule has 0 unspecified atom stereocenters. The van der Waals surface area contributed by atoms with Gasteiger partial charge in [-0.05, 0) is 13.0 Å². The standard InChI is InChI=1S/C16H16Cl2N4O/c1-2-22-13(5-6-19-9-23)14(10-7-20-21-8-10)11-3-4-12(17)15(18)16(11)22/h3-4,7-9H,2,5-6H2,1H3,(H,19,23)(H,20,21). The molecule has 1 amide bonds. The molecule has 2 heterocycles. The van der Waals surface area contributed by atoms with Crippen LogP contribution in [-0.4, -0.2) is 27.7 Å². The molecular weight excluding hydrogens is 335 g/mol. The topological polar surface area (TPSA) is 62.7 Å². The van der Waals surface area contributed by atoms with E-state index in [9.17, 15) is 4.79 Å². The Morgan fingerprint density at radius 2 is 2.22 bits per heavy atom. The molecule has 0 saturated carbocycles. The van der Waals surface area contributed by atoms with Crippen molar-refractivity contribution in [2.24, 2.45) is 0 Å². The molecule has 23 heavy (non-hydrogen) atoms. The van der Waals surface area contributed by atoms with E-state index in [1.54, 1.807) is 6.20 Å². The Balaban J connectivity index is 2.30. The second-order valence-corrected chi connectivity index (χ2v) is 5.92. The number of aromatic amines is 1. The molecule has 7 heteroatoms. The summed E-state index contributed by atoms with van der Waals surface area (Å²) in [6.07, 6.45) is 5.04. The first-order chi connectivity index (χ1) is 11.2. The number of benzene rings is 1. The number of rotatable bonds is 6. The Labute approximate surface area is 143 Å². The van der Waals surface area contributed by atoms with Crippen LogP contribution in [0.1, 0.15) is 12.6 Å². The van der Waals surface area contributed by atoms with Crippen LogP contribution < -0.4 is 5.32 Å². The second-order valence-electron chi connectivity index (χ2n) is 5.13. The lowest BCUT2D eigenvalue weighted by Gasteiger charge is -2.10. The third kappa shape index (κ3) is 2.71. The van der Waals surface area contributed by atoms with Gasteiger partial charge in [0.15, 0.2) is 0 Å². The van der Waals surface area contributed by atoms with E-state index in [-0.39, 0.29) is 0 Å². The average Bonchev–Trinajstić information content (AvgIpc) is 3.16. The van der Waals surface area contributed by atoms with Gasteiger partial charge in [-0.25, -0.2) is 0 Å². The summed E-state index contributed by atoms with van der Waals surface area (Å²) in [6.45, 7) is 3.37. The molecule has 0 aliphatic carbocycles. The normalized spacial score (nSPS) is 11.1. The van der Waals surface area contributed by atoms with Crippen molar-refractivity contribution in [1.29, 1.82) is 0 Å². The second kappa shape index (κ2) is 6.64. The quantitative estimate of drug-likeness (QED) is 0.526. The Bertz CT molecular complexity index is 840. The summed E-state index contributed by atoms with van der Waals surface area (Å²) in [5, 5.41) is 11.7. The minimum absolute atomic E-state index is 0.530. The molecule has 3 rings (SSSR count). The molecule has 2 aromatic heterocycles. The van der Waals surface area contributed by atoms with E-state index >= 15 is 0 Å². The summed E-state index contributed by atoms with van der Waals surface area (Å²) in [5.41, 5.74) is 4.07. The molecule has 0 atom stereocenters. The third-order valence-electron chi connectivity index (χ3n) is 3.92. The number of carbonyl (C=O) groups is 1. The number of nitrogens with zero attached hydrogens (tertiary/aromatic N) is 2. The first kappa shape index (κ1) is 15.9. The van der Waals surface area contributed by atoms with Gasteiger partial charge in [0.05, 0.1) is 21.8 Å². The molecule has 3 aromatic rings. The van der Waals surface area contributed by atoms with Gasteiger partial charge in [0.2, 0.25) is 6.41 Å². The molecule has 0 bridgehead atoms. The molecule has 5 nitrogen and oxygen atoms in total. The van der Waals surface area contributed by atoms with E-state index in [1.807, 2.05) is 18.3 Å². The fourth-order valence-electron chi connectivity index (χ4n) is 3.00. The maximum Gasteiger partial charge on any atom is 0.207 e. The average molecular weight is 351 g/mol. The van der Waals surface area contributed by atoms with Crippen LogP contribution in [0.5, 0.6) is 0 Å². The SMILES string of the molecule is CCn1c(CCNC=O)c(-c2cn[nH]c2)c2ccc(Cl)c(Cl)c21. The van der Waals surface area contributed by atoms with Crippen LogP contribution in [0.2, 0.25) is 10.0 Å². The van der Waals surface area contributed by atoms with E-state index in [0.717, 1.165) is 34.3 Å². The lowest BCUT2D eigenvalue weighted by Crippen LogP contribution is -2.16. The van der Waals surface area contributed by atoms with Gasteiger partial charge in [0.1, 0.15) is 0 Å². The molecule has 0 saturated heterocycles. The molecular formula is C16H16Cl2N4O. The molecule has 1 aromatic carbocycles. The zero-order valence-corrected chi connectivity index (χ0v) is 14.1. The minimum Gasteiger partial charge on any atom is -0.358 e. The summed E-state index contributed by atoms with van der Waals surface area (Å²) < 4.78 is 2.15. The lowest BCUT2D eigenvalue weighted by atomic mass is 10.0. The fourth-order valence-corrected chi connectivity index (χ4v) is 3.42. The molecule has 120 valence electrons. The van der Waals surface area contributed by atoms with Gasteiger partial charge in [-0.1, -0.05) is 29.3 Å². The summed E-state index contributed by atoms with van der Waals surface area (Å²) in [5.74, 6) is 0. The number of H-pyrrole nitrogens is 1. The van der Waals surface area contributed by atoms with Crippen molar-refractivity contribution < 1.29 is 4.79 Å². The van der Waals surface area contributed by atoms with Crippen molar-refractivity contribution in [1.82, 2.24) is 20.1 Å². The Hall–Kier alpha value is -1.98. The summed E-state index contributed by atoms with van der Waals surface area (Å²) in [7, 11) is 0. The fraction of sp³-hybridized carbons (Fsp3) is 0.250. The van der Waals surface area contributed by atoms with E-state index in [0.29, 0.717) is 29.4 Å². The van der Waals surface area contributed by atoms with Gasteiger partial charge < -0.3 is 9.88 Å². The van der Waals surface area contributed by atoms with Gasteiger partial charge in [-0.3, -0.25) is 9.89 Å². The number of hydrogen-bond donors (Lipinski definition) is 2. The van der Waals surface area contributed by atoms with Gasteiger partial charge >= 0.3 is 0 Å². The van der Waals surface area contributed by atoms with Crippen molar-refractivity contribution in [3.8, 4) is 11.1 Å². The van der Waals surface area contributed by atoms with Gasteiger partial charge in [-0.15, -0.1) is 0 Å². The predicted molar refractivity (Wildman–Crippen MR) is 93.0 cm³/mol. The zero-order chi connectivity index (χ0) is 16.4. The van der Waals surface area contributed by atoms with Crippen LogP contribution in [0.4, 0.5) is 0 Å². The first-order valence-corrected chi connectivity index (χ1v) is 8.09.